The highest BCUT2D eigenvalue weighted by Crippen LogP contribution is 2.42. The average Bonchev–Trinajstić information content (AvgIpc) is 3.21. The highest BCUT2D eigenvalue weighted by atomic mass is 32.2. The number of hydrogen-bond acceptors (Lipinski definition) is 4. The Hall–Kier alpha value is -2.15. The highest BCUT2D eigenvalue weighted by Gasteiger charge is 2.36. The van der Waals surface area contributed by atoms with E-state index in [1.807, 2.05) is 38.1 Å². The Morgan fingerprint density at radius 1 is 1.19 bits per heavy atom. The molecular weight excluding hydrogens is 350 g/mol. The van der Waals surface area contributed by atoms with Crippen molar-refractivity contribution in [3.05, 3.63) is 46.8 Å². The molecule has 1 saturated heterocycles. The summed E-state index contributed by atoms with van der Waals surface area (Å²) >= 11 is 0. The summed E-state index contributed by atoms with van der Waals surface area (Å²) in [6, 6.07) is 7.55. The second-order valence-electron chi connectivity index (χ2n) is 7.50. The lowest BCUT2D eigenvalue weighted by molar-refractivity contribution is 0.102. The number of nitrogens with zero attached hydrogens (tertiary/aromatic N) is 2. The summed E-state index contributed by atoms with van der Waals surface area (Å²) in [6.07, 6.45) is 2.72. The number of nitrogens with one attached hydrogen (secondary N) is 1. The number of amides is 1. The van der Waals surface area contributed by atoms with Gasteiger partial charge in [0.05, 0.1) is 17.5 Å². The van der Waals surface area contributed by atoms with Gasteiger partial charge in [0.1, 0.15) is 0 Å². The van der Waals surface area contributed by atoms with Gasteiger partial charge in [-0.15, -0.1) is 0 Å². The van der Waals surface area contributed by atoms with Crippen LogP contribution in [-0.2, 0) is 9.84 Å². The van der Waals surface area contributed by atoms with Gasteiger partial charge in [0.25, 0.3) is 5.91 Å². The van der Waals surface area contributed by atoms with Crippen LogP contribution < -0.4 is 5.32 Å². The zero-order valence-corrected chi connectivity index (χ0v) is 15.8. The van der Waals surface area contributed by atoms with E-state index in [-0.39, 0.29) is 23.5 Å². The van der Waals surface area contributed by atoms with Gasteiger partial charge in [-0.2, -0.15) is 5.10 Å². The summed E-state index contributed by atoms with van der Waals surface area (Å²) in [6.45, 7) is 3.97. The van der Waals surface area contributed by atoms with Crippen molar-refractivity contribution < 1.29 is 13.2 Å². The minimum Gasteiger partial charge on any atom is -0.320 e. The fraction of sp³-hybridized carbons (Fsp3) is 0.474. The maximum absolute atomic E-state index is 12.7. The van der Waals surface area contributed by atoms with Crippen LogP contribution >= 0.6 is 0 Å². The predicted octanol–water partition coefficient (Wildman–Crippen LogP) is 2.99. The Morgan fingerprint density at radius 2 is 1.96 bits per heavy atom. The molecule has 0 radical (unpaired) electrons. The third-order valence-corrected chi connectivity index (χ3v) is 6.93. The van der Waals surface area contributed by atoms with E-state index in [0.29, 0.717) is 18.0 Å². The van der Waals surface area contributed by atoms with Crippen molar-refractivity contribution in [3.8, 4) is 0 Å². The first-order chi connectivity index (χ1) is 12.3. The largest absolute Gasteiger partial charge is 0.320 e. The van der Waals surface area contributed by atoms with Gasteiger partial charge in [0.2, 0.25) is 0 Å². The first-order valence-corrected chi connectivity index (χ1v) is 10.8. The molecule has 1 aromatic heterocycles. The molecule has 2 fully saturated rings. The van der Waals surface area contributed by atoms with Crippen LogP contribution in [-0.4, -0.2) is 35.6 Å². The molecule has 2 heterocycles. The van der Waals surface area contributed by atoms with Crippen molar-refractivity contribution in [1.29, 1.82) is 0 Å². The number of aromatic nitrogens is 2. The molecule has 2 aromatic rings. The number of carbonyl (C=O) groups is 1. The zero-order chi connectivity index (χ0) is 18.5. The molecule has 26 heavy (non-hydrogen) atoms. The van der Waals surface area contributed by atoms with E-state index in [2.05, 4.69) is 10.4 Å². The fourth-order valence-corrected chi connectivity index (χ4v) is 5.30. The number of carbonyl (C=O) groups excluding carboxylic acids is 1. The van der Waals surface area contributed by atoms with Crippen LogP contribution in [0.1, 0.15) is 58.5 Å². The van der Waals surface area contributed by atoms with Crippen LogP contribution in [0.2, 0.25) is 0 Å². The third-order valence-electron chi connectivity index (χ3n) is 5.18. The van der Waals surface area contributed by atoms with E-state index >= 15 is 0 Å². The zero-order valence-electron chi connectivity index (χ0n) is 15.0. The van der Waals surface area contributed by atoms with Gasteiger partial charge in [0, 0.05) is 17.3 Å². The second kappa shape index (κ2) is 6.23. The van der Waals surface area contributed by atoms with Crippen LogP contribution in [0.25, 0.3) is 0 Å². The minimum absolute atomic E-state index is 0.118. The van der Waals surface area contributed by atoms with Crippen LogP contribution in [0.3, 0.4) is 0 Å². The van der Waals surface area contributed by atoms with Crippen LogP contribution in [0.4, 0.5) is 5.69 Å². The quantitative estimate of drug-likeness (QED) is 0.893. The Morgan fingerprint density at radius 3 is 2.58 bits per heavy atom. The van der Waals surface area contributed by atoms with Crippen molar-refractivity contribution in [1.82, 2.24) is 9.78 Å². The number of sulfone groups is 1. The molecule has 1 N–H and O–H groups in total. The lowest BCUT2D eigenvalue weighted by atomic mass is 10.1. The van der Waals surface area contributed by atoms with E-state index < -0.39 is 9.84 Å². The molecule has 2 aliphatic rings. The molecule has 4 rings (SSSR count). The van der Waals surface area contributed by atoms with Crippen molar-refractivity contribution >= 4 is 21.4 Å². The molecule has 1 aromatic carbocycles. The maximum atomic E-state index is 12.7. The van der Waals surface area contributed by atoms with E-state index in [0.717, 1.165) is 35.3 Å². The SMILES string of the molecule is Cc1ccc(NC(=O)c2cc(C3CC3)n(C3CCS(=O)(=O)C3)n2)c(C)c1. The van der Waals surface area contributed by atoms with Crippen molar-refractivity contribution in [2.45, 2.75) is 45.1 Å². The molecule has 1 aliphatic heterocycles. The minimum atomic E-state index is -3.00. The van der Waals surface area contributed by atoms with Crippen molar-refractivity contribution in [2.75, 3.05) is 16.8 Å². The summed E-state index contributed by atoms with van der Waals surface area (Å²) in [4.78, 5) is 12.7. The van der Waals surface area contributed by atoms with Crippen LogP contribution in [0, 0.1) is 13.8 Å². The predicted molar refractivity (Wildman–Crippen MR) is 100 cm³/mol. The Bertz CT molecular complexity index is 974. The number of benzene rings is 1. The average molecular weight is 373 g/mol. The topological polar surface area (TPSA) is 81.1 Å². The maximum Gasteiger partial charge on any atom is 0.276 e. The fourth-order valence-electron chi connectivity index (χ4n) is 3.60. The van der Waals surface area contributed by atoms with E-state index in [4.69, 9.17) is 0 Å². The molecule has 7 heteroatoms. The molecule has 0 bridgehead atoms. The van der Waals surface area contributed by atoms with Crippen molar-refractivity contribution in [3.63, 3.8) is 0 Å². The molecule has 1 amide bonds. The standard InChI is InChI=1S/C19H23N3O3S/c1-12-3-6-16(13(2)9-12)20-19(23)17-10-18(14-4-5-14)22(21-17)15-7-8-26(24,25)11-15/h3,6,9-10,14-15H,4-5,7-8,11H2,1-2H3,(H,20,23). The normalized spacial score (nSPS) is 21.7. The Labute approximate surface area is 153 Å². The Balaban J connectivity index is 1.60. The monoisotopic (exact) mass is 373 g/mol. The third kappa shape index (κ3) is 3.40. The molecule has 1 aliphatic carbocycles. The number of aryl methyl sites for hydroxylation is 2. The first kappa shape index (κ1) is 17.3. The lowest BCUT2D eigenvalue weighted by Gasteiger charge is -2.12. The second-order valence-corrected chi connectivity index (χ2v) is 9.73. The van der Waals surface area contributed by atoms with Crippen LogP contribution in [0.15, 0.2) is 24.3 Å². The lowest BCUT2D eigenvalue weighted by Crippen LogP contribution is -2.17. The molecule has 138 valence electrons. The van der Waals surface area contributed by atoms with Crippen LogP contribution in [0.5, 0.6) is 0 Å². The van der Waals surface area contributed by atoms with Gasteiger partial charge in [-0.1, -0.05) is 17.7 Å². The van der Waals surface area contributed by atoms with E-state index in [1.54, 1.807) is 4.68 Å². The highest BCUT2D eigenvalue weighted by molar-refractivity contribution is 7.91. The molecule has 1 atom stereocenters. The molecule has 1 saturated carbocycles. The molecule has 0 spiro atoms. The van der Waals surface area contributed by atoms with Gasteiger partial charge in [-0.3, -0.25) is 9.48 Å². The van der Waals surface area contributed by atoms with Gasteiger partial charge < -0.3 is 5.32 Å². The molecule has 1 unspecified atom stereocenters. The van der Waals surface area contributed by atoms with Gasteiger partial charge in [-0.05, 0) is 50.8 Å². The number of anilines is 1. The van der Waals surface area contributed by atoms with Crippen molar-refractivity contribution in [2.24, 2.45) is 0 Å². The Kier molecular flexibility index (Phi) is 4.14. The van der Waals surface area contributed by atoms with Gasteiger partial charge in [-0.25, -0.2) is 8.42 Å². The summed E-state index contributed by atoms with van der Waals surface area (Å²) in [5, 5.41) is 7.43. The summed E-state index contributed by atoms with van der Waals surface area (Å²) in [7, 11) is -3.00. The molecule has 6 nitrogen and oxygen atoms in total. The first-order valence-electron chi connectivity index (χ1n) is 9.01. The van der Waals surface area contributed by atoms with Gasteiger partial charge in [0.15, 0.2) is 15.5 Å². The summed E-state index contributed by atoms with van der Waals surface area (Å²) < 4.78 is 25.5. The number of hydrogen-bond donors (Lipinski definition) is 1. The molecular formula is C19H23N3O3S. The van der Waals surface area contributed by atoms with E-state index in [1.165, 1.54) is 0 Å². The van der Waals surface area contributed by atoms with E-state index in [9.17, 15) is 13.2 Å². The summed E-state index contributed by atoms with van der Waals surface area (Å²) in [5.74, 6) is 0.463. The smallest absolute Gasteiger partial charge is 0.276 e. The van der Waals surface area contributed by atoms with Gasteiger partial charge >= 0.3 is 0 Å². The summed E-state index contributed by atoms with van der Waals surface area (Å²) in [5.41, 5.74) is 4.27. The number of rotatable bonds is 4.